The van der Waals surface area contributed by atoms with Gasteiger partial charge in [-0.25, -0.2) is 9.98 Å². The molecule has 0 N–H and O–H groups in total. The summed E-state index contributed by atoms with van der Waals surface area (Å²) in [5, 5.41) is 3.20. The fraction of sp³-hybridized carbons (Fsp3) is 0.232. The topological polar surface area (TPSA) is 62.4 Å². The molecule has 2 bridgehead atoms. The number of anilines is 2. The molecule has 90 heavy (non-hydrogen) atoms. The molecule has 4 heterocycles. The lowest BCUT2D eigenvalue weighted by molar-refractivity contribution is 0.722. The number of fused-ring (bicyclic) bond motifs is 3. The summed E-state index contributed by atoms with van der Waals surface area (Å²) in [6.45, 7) is 36.7. The first-order valence-corrected chi connectivity index (χ1v) is 32.6. The summed E-state index contributed by atoms with van der Waals surface area (Å²) in [5.74, 6) is 6.67. The zero-order chi connectivity index (χ0) is 64.1. The summed E-state index contributed by atoms with van der Waals surface area (Å²) >= 11 is 1.88. The Hall–Kier alpha value is -9.51. The Morgan fingerprint density at radius 3 is 2.47 bits per heavy atom. The summed E-state index contributed by atoms with van der Waals surface area (Å²) in [7, 11) is 0. The molecule has 2 aromatic heterocycles. The normalized spacial score (nSPS) is 17.6. The van der Waals surface area contributed by atoms with Gasteiger partial charge in [-0.3, -0.25) is 4.57 Å². The summed E-state index contributed by atoms with van der Waals surface area (Å²) in [4.78, 5) is 27.6. The van der Waals surface area contributed by atoms with Crippen molar-refractivity contribution < 1.29 is 0 Å². The minimum atomic E-state index is -0.318. The van der Waals surface area contributed by atoms with Crippen LogP contribution in [0.4, 0.5) is 11.6 Å². The molecule has 2 aliphatic heterocycles. The van der Waals surface area contributed by atoms with E-state index in [0.29, 0.717) is 35.6 Å². The van der Waals surface area contributed by atoms with Crippen molar-refractivity contribution >= 4 is 57.4 Å². The average molecular weight is 1200 g/mol. The van der Waals surface area contributed by atoms with Crippen LogP contribution in [0.15, 0.2) is 277 Å². The van der Waals surface area contributed by atoms with Crippen LogP contribution in [-0.4, -0.2) is 49.2 Å². The summed E-state index contributed by atoms with van der Waals surface area (Å²) in [6.07, 6.45) is 60.0. The Kier molecular flexibility index (Phi) is 24.1. The molecule has 0 amide bonds. The third kappa shape index (κ3) is 15.3. The number of terminal acetylenes is 1. The lowest BCUT2D eigenvalue weighted by Crippen LogP contribution is -2.40. The number of benzene rings is 3. The summed E-state index contributed by atoms with van der Waals surface area (Å²) < 4.78 is 2.31. The van der Waals surface area contributed by atoms with Gasteiger partial charge in [0.1, 0.15) is 17.7 Å². The van der Waals surface area contributed by atoms with E-state index >= 15 is 0 Å². The van der Waals surface area contributed by atoms with Gasteiger partial charge in [-0.1, -0.05) is 217 Å². The minimum absolute atomic E-state index is 0.0610. The van der Waals surface area contributed by atoms with Gasteiger partial charge in [0.2, 0.25) is 5.95 Å². The van der Waals surface area contributed by atoms with Crippen molar-refractivity contribution in [1.29, 1.82) is 0 Å². The number of aliphatic imine (C=N–C) groups is 1. The van der Waals surface area contributed by atoms with E-state index in [9.17, 15) is 0 Å². The molecule has 0 saturated heterocycles. The lowest BCUT2D eigenvalue weighted by atomic mass is 9.92. The molecular weight excluding hydrogens is 1120 g/mol. The highest BCUT2D eigenvalue weighted by molar-refractivity contribution is 8.03. The third-order valence-electron chi connectivity index (χ3n) is 16.1. The van der Waals surface area contributed by atoms with Crippen LogP contribution in [0, 0.1) is 12.3 Å². The molecule has 7 nitrogen and oxygen atoms in total. The van der Waals surface area contributed by atoms with Gasteiger partial charge in [-0.05, 0) is 122 Å². The van der Waals surface area contributed by atoms with Crippen LogP contribution in [0.5, 0.6) is 0 Å². The summed E-state index contributed by atoms with van der Waals surface area (Å²) in [5.41, 5.74) is 16.8. The Labute approximate surface area is 541 Å². The van der Waals surface area contributed by atoms with Crippen LogP contribution < -0.4 is 20.4 Å². The van der Waals surface area contributed by atoms with E-state index in [0.717, 1.165) is 110 Å². The maximum Gasteiger partial charge on any atom is 0.234 e. The second kappa shape index (κ2) is 32.6. The third-order valence-corrected chi connectivity index (χ3v) is 17.1. The monoisotopic (exact) mass is 1200 g/mol. The van der Waals surface area contributed by atoms with Crippen molar-refractivity contribution in [3.05, 3.63) is 305 Å². The Balaban J connectivity index is 0.00000517. The van der Waals surface area contributed by atoms with Gasteiger partial charge >= 0.3 is 0 Å². The SMILES string of the molecule is C#CC(/C=C\C=C/C)N(c1cc(-c2cccc(Cc3nc(C4=CCC=CC=C4)nc(N4C(C=C)=C(/C=C\CC)/C(=c5/c(=C\C)c6ccccc6n5C(C=C=CCC)=NC(=C)C5=CC=C6CC(=C5)C=CCS6)C4C)n3)c2)ccc1C(C)/C=C\CC)C(C)C=C.C=C. The standard InChI is InChI=1S/C80H83N7S.C2H4/c1-13-21-27-41-66(18-6)85(57(10)17-5)74-55-65(47-49-69(74)56(9)35-23-15-3)64-40-33-36-61(52-64)54-75-82-79(62-38-29-25-26-30-39-62)84-80(83-75)86-59(12)77(71(42-24-16-4)72(86)20-8)78-68(19-7)70-43-31-32-44-73(70)87(78)76(45-28-22-14-2)81-58(11)63-46-48-67-53-60(51-63)37-34-50-88-67;1-2/h6,13,17,19-27,29,31-49,51-52,55-57,59,66H,5,8,11,14-16,30,50,53-54H2,1-4,7,9-10,12H3;1-2H2/b21-13-,35-23-,41-27-,42-24-,68-19-,78-77-,81-76?;. The van der Waals surface area contributed by atoms with Crippen LogP contribution in [0.25, 0.3) is 39.3 Å². The van der Waals surface area contributed by atoms with E-state index in [1.54, 1.807) is 0 Å². The van der Waals surface area contributed by atoms with Gasteiger partial charge in [0.25, 0.3) is 0 Å². The van der Waals surface area contributed by atoms with Gasteiger partial charge in [0, 0.05) is 69.6 Å². The second-order valence-corrected chi connectivity index (χ2v) is 23.3. The van der Waals surface area contributed by atoms with Crippen LogP contribution in [0.3, 0.4) is 0 Å². The number of rotatable bonds is 21. The maximum absolute atomic E-state index is 6.37. The van der Waals surface area contributed by atoms with Gasteiger partial charge in [0.05, 0.1) is 28.3 Å². The highest BCUT2D eigenvalue weighted by atomic mass is 32.2. The van der Waals surface area contributed by atoms with Crippen LogP contribution in [0.1, 0.15) is 116 Å². The predicted molar refractivity (Wildman–Crippen MR) is 392 cm³/mol. The Morgan fingerprint density at radius 1 is 0.900 bits per heavy atom. The Bertz CT molecular complexity index is 4190. The largest absolute Gasteiger partial charge is 0.348 e. The molecule has 0 radical (unpaired) electrons. The van der Waals surface area contributed by atoms with Crippen molar-refractivity contribution in [3.63, 3.8) is 0 Å². The first-order chi connectivity index (χ1) is 44.0. The zero-order valence-corrected chi connectivity index (χ0v) is 54.9. The fourth-order valence-electron chi connectivity index (χ4n) is 11.7. The Morgan fingerprint density at radius 2 is 1.71 bits per heavy atom. The molecule has 5 aromatic rings. The number of thioether (sulfide) groups is 1. The van der Waals surface area contributed by atoms with Crippen molar-refractivity contribution in [1.82, 2.24) is 19.5 Å². The molecular formula is C82H87N7S. The van der Waals surface area contributed by atoms with Crippen molar-refractivity contribution in [3.8, 4) is 23.5 Å². The summed E-state index contributed by atoms with van der Waals surface area (Å²) in [6, 6.07) is 23.5. The van der Waals surface area contributed by atoms with Gasteiger partial charge < -0.3 is 9.80 Å². The molecule has 456 valence electrons. The van der Waals surface area contributed by atoms with E-state index in [1.165, 1.54) is 16.0 Å². The van der Waals surface area contributed by atoms with Crippen molar-refractivity contribution in [2.24, 2.45) is 4.99 Å². The van der Waals surface area contributed by atoms with Crippen LogP contribution in [-0.2, 0) is 6.42 Å². The highest BCUT2D eigenvalue weighted by Crippen LogP contribution is 2.40. The van der Waals surface area contributed by atoms with Gasteiger partial charge in [0.15, 0.2) is 5.82 Å². The maximum atomic E-state index is 6.37. The number of nitrogens with zero attached hydrogens (tertiary/aromatic N) is 7. The van der Waals surface area contributed by atoms with Crippen LogP contribution >= 0.6 is 11.8 Å². The lowest BCUT2D eigenvalue weighted by Gasteiger charge is -2.36. The molecule has 2 aliphatic carbocycles. The second-order valence-electron chi connectivity index (χ2n) is 22.1. The van der Waals surface area contributed by atoms with Gasteiger partial charge in [-0.15, -0.1) is 43.7 Å². The molecule has 4 atom stereocenters. The molecule has 0 fully saturated rings. The average Bonchev–Trinajstić information content (AvgIpc) is 1.56. The number of aromatic nitrogens is 4. The first kappa shape index (κ1) is 66.4. The molecule has 4 aliphatic rings. The molecule has 4 unspecified atom stereocenters. The smallest absolute Gasteiger partial charge is 0.234 e. The van der Waals surface area contributed by atoms with E-state index in [4.69, 9.17) is 26.4 Å². The van der Waals surface area contributed by atoms with E-state index in [-0.39, 0.29) is 24.0 Å². The predicted octanol–water partition coefficient (Wildman–Crippen LogP) is 19.0. The minimum Gasteiger partial charge on any atom is -0.348 e. The number of hydrogen-bond donors (Lipinski definition) is 0. The molecule has 0 saturated carbocycles. The number of allylic oxidation sites excluding steroid dienone is 21. The number of para-hydroxylation sites is 1. The first-order valence-electron chi connectivity index (χ1n) is 31.6. The number of hydrogen-bond acceptors (Lipinski definition) is 7. The fourth-order valence-corrected chi connectivity index (χ4v) is 12.6. The molecule has 0 spiro atoms. The zero-order valence-electron chi connectivity index (χ0n) is 54.0. The molecule has 8 heteroatoms. The van der Waals surface area contributed by atoms with Crippen LogP contribution in [0.2, 0.25) is 0 Å². The van der Waals surface area contributed by atoms with Crippen molar-refractivity contribution in [2.75, 3.05) is 15.6 Å². The quantitative estimate of drug-likeness (QED) is 0.0182. The van der Waals surface area contributed by atoms with E-state index < -0.39 is 0 Å². The molecule has 9 rings (SSSR count). The van der Waals surface area contributed by atoms with Crippen molar-refractivity contribution in [2.45, 2.75) is 118 Å². The van der Waals surface area contributed by atoms with E-state index in [2.05, 4.69) is 271 Å². The van der Waals surface area contributed by atoms with E-state index in [1.807, 2.05) is 61.2 Å². The highest BCUT2D eigenvalue weighted by Gasteiger charge is 2.37. The van der Waals surface area contributed by atoms with Gasteiger partial charge in [-0.2, -0.15) is 9.97 Å². The molecule has 3 aromatic carbocycles.